The van der Waals surface area contributed by atoms with E-state index in [2.05, 4.69) is 20.8 Å². The second-order valence-corrected chi connectivity index (χ2v) is 5.40. The molecule has 2 N–H and O–H groups in total. The first-order valence-electron chi connectivity index (χ1n) is 5.98. The Morgan fingerprint density at radius 2 is 2.26 bits per heavy atom. The molecule has 0 aliphatic carbocycles. The van der Waals surface area contributed by atoms with Crippen LogP contribution in [0.2, 0.25) is 0 Å². The first-order chi connectivity index (χ1) is 8.61. The van der Waals surface area contributed by atoms with Gasteiger partial charge in [-0.1, -0.05) is 6.07 Å². The molecule has 106 valence electrons. The highest BCUT2D eigenvalue weighted by Gasteiger charge is 2.23. The number of likely N-dealkylation sites (tertiary alicyclic amines) is 1. The average Bonchev–Trinajstić information content (AvgIpc) is 2.78. The molecule has 0 amide bonds. The molecule has 1 fully saturated rings. The molecule has 1 aliphatic heterocycles. The molecule has 2 rings (SSSR count). The summed E-state index contributed by atoms with van der Waals surface area (Å²) in [7, 11) is 0. The molecule has 1 aliphatic rings. The van der Waals surface area contributed by atoms with Crippen molar-refractivity contribution in [1.82, 2.24) is 4.90 Å². The van der Waals surface area contributed by atoms with Crippen LogP contribution in [0.4, 0.5) is 5.69 Å². The van der Waals surface area contributed by atoms with Gasteiger partial charge in [0.15, 0.2) is 0 Å². The van der Waals surface area contributed by atoms with Crippen molar-refractivity contribution < 1.29 is 4.92 Å². The molecule has 1 aromatic carbocycles. The van der Waals surface area contributed by atoms with E-state index in [1.165, 1.54) is 0 Å². The summed E-state index contributed by atoms with van der Waals surface area (Å²) in [5.41, 5.74) is 6.81. The van der Waals surface area contributed by atoms with Gasteiger partial charge in [0, 0.05) is 25.2 Å². The summed E-state index contributed by atoms with van der Waals surface area (Å²) in [6, 6.07) is 5.70. The van der Waals surface area contributed by atoms with Gasteiger partial charge in [-0.05, 0) is 46.9 Å². The molecule has 7 heteroatoms. The number of benzene rings is 1. The molecule has 0 saturated carbocycles. The fourth-order valence-electron chi connectivity index (χ4n) is 2.40. The Balaban J connectivity index is 0.00000180. The van der Waals surface area contributed by atoms with Gasteiger partial charge in [0.2, 0.25) is 0 Å². The Morgan fingerprint density at radius 1 is 1.53 bits per heavy atom. The van der Waals surface area contributed by atoms with Crippen LogP contribution in [0.25, 0.3) is 0 Å². The summed E-state index contributed by atoms with van der Waals surface area (Å²) in [6.45, 7) is 2.40. The minimum atomic E-state index is -0.363. The normalized spacial score (nSPS) is 19.2. The molecular weight excluding hydrogens is 334 g/mol. The maximum atomic E-state index is 10.9. The van der Waals surface area contributed by atoms with Crippen molar-refractivity contribution in [2.45, 2.75) is 25.4 Å². The molecule has 1 atom stereocenters. The van der Waals surface area contributed by atoms with Crippen LogP contribution in [-0.2, 0) is 6.54 Å². The largest absolute Gasteiger partial charge is 0.329 e. The van der Waals surface area contributed by atoms with E-state index in [0.717, 1.165) is 31.5 Å². The topological polar surface area (TPSA) is 72.4 Å². The third kappa shape index (κ3) is 3.89. The predicted octanol–water partition coefficient (Wildman–Crippen LogP) is 2.70. The number of nitrogens with two attached hydrogens (primary N) is 1. The summed E-state index contributed by atoms with van der Waals surface area (Å²) < 4.78 is 0.521. The van der Waals surface area contributed by atoms with E-state index >= 15 is 0 Å². The number of hydrogen-bond acceptors (Lipinski definition) is 4. The lowest BCUT2D eigenvalue weighted by atomic mass is 10.1. The molecule has 1 aromatic rings. The average molecular weight is 351 g/mol. The minimum Gasteiger partial charge on any atom is -0.329 e. The van der Waals surface area contributed by atoms with Gasteiger partial charge in [-0.15, -0.1) is 12.4 Å². The van der Waals surface area contributed by atoms with Crippen LogP contribution in [0.3, 0.4) is 0 Å². The van der Waals surface area contributed by atoms with Crippen molar-refractivity contribution in [2.75, 3.05) is 13.1 Å². The van der Waals surface area contributed by atoms with Crippen LogP contribution in [-0.4, -0.2) is 29.0 Å². The molecule has 1 saturated heterocycles. The zero-order valence-electron chi connectivity index (χ0n) is 10.4. The number of rotatable bonds is 4. The standard InChI is InChI=1S/C12H16BrN3O2.ClH/c13-11-4-3-9(6-12(11)16(17)18)8-15-5-1-2-10(15)7-14;/h3-4,6,10H,1-2,5,7-8,14H2;1H. The summed E-state index contributed by atoms with van der Waals surface area (Å²) in [6.07, 6.45) is 2.27. The van der Waals surface area contributed by atoms with Gasteiger partial charge in [0.25, 0.3) is 5.69 Å². The monoisotopic (exact) mass is 349 g/mol. The Hall–Kier alpha value is -0.690. The summed E-state index contributed by atoms with van der Waals surface area (Å²) in [5, 5.41) is 10.9. The molecule has 0 spiro atoms. The molecule has 0 bridgehead atoms. The van der Waals surface area contributed by atoms with Crippen molar-refractivity contribution in [3.8, 4) is 0 Å². The fourth-order valence-corrected chi connectivity index (χ4v) is 2.79. The highest BCUT2D eigenvalue weighted by Crippen LogP contribution is 2.27. The minimum absolute atomic E-state index is 0. The third-order valence-electron chi connectivity index (χ3n) is 3.36. The highest BCUT2D eigenvalue weighted by atomic mass is 79.9. The van der Waals surface area contributed by atoms with Gasteiger partial charge in [0.05, 0.1) is 9.40 Å². The lowest BCUT2D eigenvalue weighted by molar-refractivity contribution is -0.385. The maximum absolute atomic E-state index is 10.9. The summed E-state index contributed by atoms with van der Waals surface area (Å²) >= 11 is 3.19. The Kier molecular flexibility index (Phi) is 6.19. The van der Waals surface area contributed by atoms with Gasteiger partial charge in [0.1, 0.15) is 0 Å². The Morgan fingerprint density at radius 3 is 2.89 bits per heavy atom. The van der Waals surface area contributed by atoms with E-state index < -0.39 is 0 Å². The van der Waals surface area contributed by atoms with E-state index in [-0.39, 0.29) is 23.0 Å². The fraction of sp³-hybridized carbons (Fsp3) is 0.500. The van der Waals surface area contributed by atoms with Gasteiger partial charge >= 0.3 is 0 Å². The molecule has 0 aromatic heterocycles. The zero-order chi connectivity index (χ0) is 13.1. The van der Waals surface area contributed by atoms with Crippen molar-refractivity contribution in [2.24, 2.45) is 5.73 Å². The smallest absolute Gasteiger partial charge is 0.283 e. The van der Waals surface area contributed by atoms with E-state index in [1.807, 2.05) is 6.07 Å². The van der Waals surface area contributed by atoms with Crippen molar-refractivity contribution in [3.63, 3.8) is 0 Å². The van der Waals surface area contributed by atoms with Crippen molar-refractivity contribution >= 4 is 34.0 Å². The van der Waals surface area contributed by atoms with E-state index in [0.29, 0.717) is 17.1 Å². The number of hydrogen-bond donors (Lipinski definition) is 1. The van der Waals surface area contributed by atoms with E-state index in [4.69, 9.17) is 5.73 Å². The molecular formula is C12H17BrClN3O2. The lowest BCUT2D eigenvalue weighted by Crippen LogP contribution is -2.34. The lowest BCUT2D eigenvalue weighted by Gasteiger charge is -2.23. The quantitative estimate of drug-likeness (QED) is 0.669. The van der Waals surface area contributed by atoms with Gasteiger partial charge in [-0.2, -0.15) is 0 Å². The van der Waals surface area contributed by atoms with Crippen LogP contribution in [0.1, 0.15) is 18.4 Å². The van der Waals surface area contributed by atoms with Crippen LogP contribution in [0.5, 0.6) is 0 Å². The second-order valence-electron chi connectivity index (χ2n) is 4.55. The number of halogens is 2. The number of nitro groups is 1. The second kappa shape index (κ2) is 7.19. The predicted molar refractivity (Wildman–Crippen MR) is 80.5 cm³/mol. The van der Waals surface area contributed by atoms with Crippen LogP contribution >= 0.6 is 28.3 Å². The van der Waals surface area contributed by atoms with Crippen LogP contribution in [0, 0.1) is 10.1 Å². The zero-order valence-corrected chi connectivity index (χ0v) is 12.8. The first kappa shape index (κ1) is 16.4. The van der Waals surface area contributed by atoms with Crippen molar-refractivity contribution in [1.29, 1.82) is 0 Å². The Labute approximate surface area is 126 Å². The first-order valence-corrected chi connectivity index (χ1v) is 6.78. The number of nitrogens with zero attached hydrogens (tertiary/aromatic N) is 2. The van der Waals surface area contributed by atoms with Gasteiger partial charge < -0.3 is 5.73 Å². The molecule has 19 heavy (non-hydrogen) atoms. The molecule has 1 heterocycles. The summed E-state index contributed by atoms with van der Waals surface area (Å²) in [4.78, 5) is 12.8. The van der Waals surface area contributed by atoms with Gasteiger partial charge in [-0.3, -0.25) is 15.0 Å². The number of nitro benzene ring substituents is 1. The third-order valence-corrected chi connectivity index (χ3v) is 4.03. The molecule has 5 nitrogen and oxygen atoms in total. The van der Waals surface area contributed by atoms with Crippen LogP contribution in [0.15, 0.2) is 22.7 Å². The Bertz CT molecular complexity index is 459. The highest BCUT2D eigenvalue weighted by molar-refractivity contribution is 9.10. The molecule has 0 radical (unpaired) electrons. The van der Waals surface area contributed by atoms with Gasteiger partial charge in [-0.25, -0.2) is 0 Å². The van der Waals surface area contributed by atoms with Crippen molar-refractivity contribution in [3.05, 3.63) is 38.3 Å². The molecule has 1 unspecified atom stereocenters. The van der Waals surface area contributed by atoms with E-state index in [1.54, 1.807) is 12.1 Å². The maximum Gasteiger partial charge on any atom is 0.283 e. The summed E-state index contributed by atoms with van der Waals surface area (Å²) in [5.74, 6) is 0. The SMILES string of the molecule is Cl.NCC1CCCN1Cc1ccc(Br)c([N+](=O)[O-])c1. The van der Waals surface area contributed by atoms with Crippen LogP contribution < -0.4 is 5.73 Å². The van der Waals surface area contributed by atoms with E-state index in [9.17, 15) is 10.1 Å².